The van der Waals surface area contributed by atoms with Crippen molar-refractivity contribution in [3.8, 4) is 22.6 Å². The van der Waals surface area contributed by atoms with Gasteiger partial charge in [-0.25, -0.2) is 9.37 Å². The molecule has 6 rings (SSSR count). The predicted octanol–water partition coefficient (Wildman–Crippen LogP) is 4.50. The summed E-state index contributed by atoms with van der Waals surface area (Å²) in [6.45, 7) is 4.00. The van der Waals surface area contributed by atoms with Crippen molar-refractivity contribution in [1.29, 1.82) is 0 Å². The molecule has 1 saturated carbocycles. The van der Waals surface area contributed by atoms with E-state index < -0.39 is 0 Å². The molecule has 2 fully saturated rings. The fourth-order valence-electron chi connectivity index (χ4n) is 4.78. The number of pyridine rings is 3. The first kappa shape index (κ1) is 19.4. The van der Waals surface area contributed by atoms with Crippen LogP contribution in [-0.2, 0) is 0 Å². The predicted molar refractivity (Wildman–Crippen MR) is 124 cm³/mol. The lowest BCUT2D eigenvalue weighted by atomic mass is 9.79. The third kappa shape index (κ3) is 3.33. The fraction of sp³-hybridized carbons (Fsp3) is 0.320. The highest BCUT2D eigenvalue weighted by Gasteiger charge is 2.26. The molecule has 0 amide bonds. The van der Waals surface area contributed by atoms with Gasteiger partial charge in [0.15, 0.2) is 5.82 Å². The summed E-state index contributed by atoms with van der Waals surface area (Å²) in [6.07, 6.45) is 9.24. The molecule has 1 saturated heterocycles. The Bertz CT molecular complexity index is 1270. The molecule has 0 atom stereocenters. The minimum atomic E-state index is -0.357. The van der Waals surface area contributed by atoms with Gasteiger partial charge in [0.1, 0.15) is 11.3 Å². The first-order valence-corrected chi connectivity index (χ1v) is 11.3. The lowest BCUT2D eigenvalue weighted by Gasteiger charge is -2.35. The van der Waals surface area contributed by atoms with E-state index >= 15 is 0 Å². The van der Waals surface area contributed by atoms with Gasteiger partial charge in [0.05, 0.1) is 11.4 Å². The normalized spacial score (nSPS) is 17.0. The highest BCUT2D eigenvalue weighted by molar-refractivity contribution is 5.95. The molecule has 2 N–H and O–H groups in total. The van der Waals surface area contributed by atoms with E-state index in [0.29, 0.717) is 23.0 Å². The zero-order valence-corrected chi connectivity index (χ0v) is 17.8. The van der Waals surface area contributed by atoms with Gasteiger partial charge in [-0.3, -0.25) is 9.97 Å². The molecule has 1 aliphatic heterocycles. The van der Waals surface area contributed by atoms with E-state index in [1.807, 2.05) is 12.1 Å². The van der Waals surface area contributed by atoms with Gasteiger partial charge < -0.3 is 15.2 Å². The highest BCUT2D eigenvalue weighted by atomic mass is 19.1. The molecule has 1 aliphatic carbocycles. The van der Waals surface area contributed by atoms with Crippen molar-refractivity contribution in [3.63, 3.8) is 0 Å². The summed E-state index contributed by atoms with van der Waals surface area (Å²) in [5.41, 5.74) is 6.20. The van der Waals surface area contributed by atoms with Crippen LogP contribution in [0.5, 0.6) is 0 Å². The van der Waals surface area contributed by atoms with E-state index in [1.165, 1.54) is 36.6 Å². The average Bonchev–Trinajstić information content (AvgIpc) is 3.23. The summed E-state index contributed by atoms with van der Waals surface area (Å²) in [5.74, 6) is 0.259. The zero-order chi connectivity index (χ0) is 21.5. The Morgan fingerprint density at radius 1 is 1.00 bits per heavy atom. The van der Waals surface area contributed by atoms with Gasteiger partial charge in [0.25, 0.3) is 0 Å². The van der Waals surface area contributed by atoms with Gasteiger partial charge >= 0.3 is 0 Å². The number of piperazine rings is 1. The topological polar surface area (TPSA) is 69.7 Å². The second kappa shape index (κ2) is 7.98. The van der Waals surface area contributed by atoms with Crippen molar-refractivity contribution in [3.05, 3.63) is 60.3 Å². The lowest BCUT2D eigenvalue weighted by Crippen LogP contribution is -2.44. The summed E-state index contributed by atoms with van der Waals surface area (Å²) < 4.78 is 14.3. The summed E-state index contributed by atoms with van der Waals surface area (Å²) in [6, 6.07) is 9.16. The quantitative estimate of drug-likeness (QED) is 0.501. The molecule has 6 nitrogen and oxygen atoms in total. The van der Waals surface area contributed by atoms with Gasteiger partial charge in [-0.2, -0.15) is 0 Å². The Hall–Kier alpha value is -3.32. The molecule has 0 spiro atoms. The summed E-state index contributed by atoms with van der Waals surface area (Å²) in [4.78, 5) is 19.3. The maximum atomic E-state index is 14.3. The Balaban J connectivity index is 1.46. The third-order valence-electron chi connectivity index (χ3n) is 6.74. The van der Waals surface area contributed by atoms with Crippen LogP contribution in [0.25, 0.3) is 33.7 Å². The first-order chi connectivity index (χ1) is 15.8. The van der Waals surface area contributed by atoms with Crippen LogP contribution in [-0.4, -0.2) is 46.1 Å². The van der Waals surface area contributed by atoms with Crippen LogP contribution in [0.4, 0.5) is 10.1 Å². The Labute approximate surface area is 185 Å². The number of nitrogens with zero attached hydrogens (tertiary/aromatic N) is 4. The van der Waals surface area contributed by atoms with Gasteiger partial charge in [0, 0.05) is 61.4 Å². The molecule has 0 bridgehead atoms. The second-order valence-corrected chi connectivity index (χ2v) is 8.63. The number of nitrogens with one attached hydrogen (secondary N) is 2. The molecule has 2 aliphatic rings. The zero-order valence-electron chi connectivity index (χ0n) is 17.8. The van der Waals surface area contributed by atoms with E-state index in [2.05, 4.69) is 37.4 Å². The molecule has 5 heterocycles. The fourth-order valence-corrected chi connectivity index (χ4v) is 4.78. The van der Waals surface area contributed by atoms with Gasteiger partial charge in [-0.15, -0.1) is 0 Å². The molecule has 4 aromatic rings. The minimum Gasteiger partial charge on any atom is -0.369 e. The maximum Gasteiger partial charge on any atom is 0.150 e. The van der Waals surface area contributed by atoms with Crippen molar-refractivity contribution >= 4 is 16.7 Å². The van der Waals surface area contributed by atoms with Crippen molar-refractivity contribution in [2.75, 3.05) is 31.1 Å². The monoisotopic (exact) mass is 428 g/mol. The summed E-state index contributed by atoms with van der Waals surface area (Å²) in [7, 11) is 0. The lowest BCUT2D eigenvalue weighted by molar-refractivity contribution is 0.418. The number of rotatable bonds is 4. The van der Waals surface area contributed by atoms with E-state index in [4.69, 9.17) is 4.98 Å². The van der Waals surface area contributed by atoms with Crippen LogP contribution in [0.15, 0.2) is 48.9 Å². The minimum absolute atomic E-state index is 0.297. The van der Waals surface area contributed by atoms with Gasteiger partial charge in [-0.1, -0.05) is 6.42 Å². The van der Waals surface area contributed by atoms with E-state index in [0.717, 1.165) is 42.8 Å². The van der Waals surface area contributed by atoms with Crippen LogP contribution >= 0.6 is 0 Å². The van der Waals surface area contributed by atoms with Crippen LogP contribution in [0.3, 0.4) is 0 Å². The van der Waals surface area contributed by atoms with Crippen molar-refractivity contribution in [2.45, 2.75) is 25.2 Å². The number of fused-ring (bicyclic) bond motifs is 1. The molecule has 4 aromatic heterocycles. The van der Waals surface area contributed by atoms with E-state index in [9.17, 15) is 4.39 Å². The number of halogens is 1. The molecule has 32 heavy (non-hydrogen) atoms. The number of anilines is 1. The molecular formula is C25H25FN6. The molecule has 0 radical (unpaired) electrons. The van der Waals surface area contributed by atoms with Crippen LogP contribution < -0.4 is 10.2 Å². The van der Waals surface area contributed by atoms with Crippen molar-refractivity contribution in [2.24, 2.45) is 0 Å². The molecule has 7 heteroatoms. The van der Waals surface area contributed by atoms with Crippen LogP contribution in [0, 0.1) is 5.82 Å². The largest absolute Gasteiger partial charge is 0.369 e. The van der Waals surface area contributed by atoms with Crippen molar-refractivity contribution in [1.82, 2.24) is 25.3 Å². The first-order valence-electron chi connectivity index (χ1n) is 11.3. The molecule has 0 unspecified atom stereocenters. The van der Waals surface area contributed by atoms with E-state index in [1.54, 1.807) is 18.5 Å². The SMILES string of the molecule is Fc1cccnc1-c1cc2c(-c3cc(N4CCNCC4)c(C4CCC4)cn3)ccnc2[nH]1. The van der Waals surface area contributed by atoms with Crippen LogP contribution in [0.1, 0.15) is 30.7 Å². The highest BCUT2D eigenvalue weighted by Crippen LogP contribution is 2.42. The van der Waals surface area contributed by atoms with E-state index in [-0.39, 0.29) is 5.82 Å². The number of H-pyrrole nitrogens is 1. The third-order valence-corrected chi connectivity index (χ3v) is 6.74. The van der Waals surface area contributed by atoms with Crippen molar-refractivity contribution < 1.29 is 4.39 Å². The van der Waals surface area contributed by atoms with Crippen LogP contribution in [0.2, 0.25) is 0 Å². The number of hydrogen-bond donors (Lipinski definition) is 2. The Morgan fingerprint density at radius 2 is 1.88 bits per heavy atom. The maximum absolute atomic E-state index is 14.3. The summed E-state index contributed by atoms with van der Waals surface area (Å²) >= 11 is 0. The number of aromatic amines is 1. The molecule has 0 aromatic carbocycles. The standard InChI is InChI=1S/C25H25FN6/c26-20-5-2-7-28-24(20)22-13-18-17(6-8-29-25(18)31-22)21-14-23(32-11-9-27-10-12-32)19(15-30-21)16-3-1-4-16/h2,5-8,13-16,27H,1,3-4,9-12H2,(H,29,31). The second-order valence-electron chi connectivity index (χ2n) is 8.63. The Kier molecular flexibility index (Phi) is 4.83. The molecular weight excluding hydrogens is 403 g/mol. The Morgan fingerprint density at radius 3 is 2.66 bits per heavy atom. The van der Waals surface area contributed by atoms with Gasteiger partial charge in [-0.05, 0) is 54.7 Å². The average molecular weight is 429 g/mol. The molecule has 162 valence electrons. The number of hydrogen-bond acceptors (Lipinski definition) is 5. The summed E-state index contributed by atoms with van der Waals surface area (Å²) in [5, 5.41) is 4.37. The van der Waals surface area contributed by atoms with Gasteiger partial charge in [0.2, 0.25) is 0 Å². The smallest absolute Gasteiger partial charge is 0.150 e. The number of aromatic nitrogens is 4.